The number of aromatic nitrogens is 1. The summed E-state index contributed by atoms with van der Waals surface area (Å²) in [5.41, 5.74) is 2.88. The first-order chi connectivity index (χ1) is 7.27. The molecule has 1 aromatic carbocycles. The number of rotatable bonds is 2. The van der Waals surface area contributed by atoms with Crippen LogP contribution in [-0.4, -0.2) is 10.1 Å². The summed E-state index contributed by atoms with van der Waals surface area (Å²) in [4.78, 5) is 4.27. The zero-order valence-electron chi connectivity index (χ0n) is 8.59. The molecule has 76 valence electrons. The molecule has 0 aliphatic carbocycles. The molecule has 0 saturated carbocycles. The first kappa shape index (κ1) is 9.87. The molecule has 1 heterocycles. The fourth-order valence-electron chi connectivity index (χ4n) is 1.49. The molecule has 15 heavy (non-hydrogen) atoms. The van der Waals surface area contributed by atoms with Crippen LogP contribution < -0.4 is 0 Å². The molecule has 2 aromatic rings. The van der Waals surface area contributed by atoms with E-state index in [9.17, 15) is 5.11 Å². The van der Waals surface area contributed by atoms with Gasteiger partial charge in [0.1, 0.15) is 0 Å². The van der Waals surface area contributed by atoms with Gasteiger partial charge in [0, 0.05) is 11.8 Å². The fraction of sp³-hybridized carbons (Fsp3) is 0.154. The third-order valence-electron chi connectivity index (χ3n) is 2.33. The van der Waals surface area contributed by atoms with E-state index in [-0.39, 0.29) is 0 Å². The number of pyridine rings is 1. The Morgan fingerprint density at radius 2 is 2.00 bits per heavy atom. The zero-order chi connectivity index (χ0) is 10.7. The third kappa shape index (κ3) is 2.22. The summed E-state index contributed by atoms with van der Waals surface area (Å²) >= 11 is 0. The van der Waals surface area contributed by atoms with Gasteiger partial charge in [-0.1, -0.05) is 24.3 Å². The van der Waals surface area contributed by atoms with Crippen molar-refractivity contribution < 1.29 is 5.11 Å². The first-order valence-corrected chi connectivity index (χ1v) is 4.97. The van der Waals surface area contributed by atoms with Crippen LogP contribution in [0.2, 0.25) is 0 Å². The molecule has 0 bridgehead atoms. The van der Waals surface area contributed by atoms with Crippen molar-refractivity contribution >= 4 is 0 Å². The monoisotopic (exact) mass is 199 g/mol. The molecule has 2 rings (SSSR count). The van der Waals surface area contributed by atoms with Gasteiger partial charge in [-0.15, -0.1) is 0 Å². The van der Waals surface area contributed by atoms with Crippen molar-refractivity contribution in [1.82, 2.24) is 4.98 Å². The zero-order valence-corrected chi connectivity index (χ0v) is 8.59. The van der Waals surface area contributed by atoms with Gasteiger partial charge in [0.15, 0.2) is 0 Å². The maximum Gasteiger partial charge on any atom is 0.0762 e. The quantitative estimate of drug-likeness (QED) is 0.806. The van der Waals surface area contributed by atoms with Crippen LogP contribution in [0.4, 0.5) is 0 Å². The second-order valence-corrected chi connectivity index (χ2v) is 3.52. The molecule has 0 spiro atoms. The van der Waals surface area contributed by atoms with Gasteiger partial charge in [-0.25, -0.2) is 0 Å². The number of nitrogens with zero attached hydrogens (tertiary/aromatic N) is 1. The molecule has 0 fully saturated rings. The molecular formula is C13H13NO. The lowest BCUT2D eigenvalue weighted by Gasteiger charge is -2.06. The van der Waals surface area contributed by atoms with E-state index >= 15 is 0 Å². The molecule has 1 unspecified atom stereocenters. The largest absolute Gasteiger partial charge is 0.389 e. The minimum atomic E-state index is -0.436. The summed E-state index contributed by atoms with van der Waals surface area (Å²) in [6, 6.07) is 13.6. The van der Waals surface area contributed by atoms with Crippen LogP contribution in [0.25, 0.3) is 11.3 Å². The van der Waals surface area contributed by atoms with Crippen LogP contribution in [0.5, 0.6) is 0 Å². The average molecular weight is 199 g/mol. The van der Waals surface area contributed by atoms with Crippen LogP contribution in [-0.2, 0) is 0 Å². The number of hydrogen-bond acceptors (Lipinski definition) is 2. The number of aliphatic hydroxyl groups is 1. The predicted octanol–water partition coefficient (Wildman–Crippen LogP) is 2.80. The summed E-state index contributed by atoms with van der Waals surface area (Å²) in [5, 5.41) is 9.47. The predicted molar refractivity (Wildman–Crippen MR) is 60.3 cm³/mol. The molecule has 0 amide bonds. The lowest BCUT2D eigenvalue weighted by Crippen LogP contribution is -1.91. The van der Waals surface area contributed by atoms with Gasteiger partial charge in [-0.2, -0.15) is 0 Å². The molecule has 0 saturated heterocycles. The summed E-state index contributed by atoms with van der Waals surface area (Å²) in [6.07, 6.45) is 1.33. The van der Waals surface area contributed by atoms with Gasteiger partial charge in [-0.05, 0) is 30.7 Å². The summed E-state index contributed by atoms with van der Waals surface area (Å²) in [7, 11) is 0. The second kappa shape index (κ2) is 4.24. The normalized spacial score (nSPS) is 12.4. The van der Waals surface area contributed by atoms with Crippen LogP contribution >= 0.6 is 0 Å². The first-order valence-electron chi connectivity index (χ1n) is 4.97. The number of aliphatic hydroxyl groups excluding tert-OH is 1. The molecule has 2 heteroatoms. The van der Waals surface area contributed by atoms with Crippen LogP contribution in [0, 0.1) is 0 Å². The summed E-state index contributed by atoms with van der Waals surface area (Å²) in [6.45, 7) is 1.76. The van der Waals surface area contributed by atoms with Gasteiger partial charge >= 0.3 is 0 Å². The van der Waals surface area contributed by atoms with E-state index in [1.54, 1.807) is 13.1 Å². The van der Waals surface area contributed by atoms with Crippen molar-refractivity contribution in [2.45, 2.75) is 13.0 Å². The molecule has 1 N–H and O–H groups in total. The highest BCUT2D eigenvalue weighted by molar-refractivity contribution is 5.59. The second-order valence-electron chi connectivity index (χ2n) is 3.52. The minimum absolute atomic E-state index is 0.436. The molecular weight excluding hydrogens is 186 g/mol. The van der Waals surface area contributed by atoms with Gasteiger partial charge in [-0.3, -0.25) is 4.98 Å². The topological polar surface area (TPSA) is 33.1 Å². The van der Waals surface area contributed by atoms with E-state index in [1.165, 1.54) is 0 Å². The van der Waals surface area contributed by atoms with Gasteiger partial charge in [0.25, 0.3) is 0 Å². The maximum absolute atomic E-state index is 9.47. The molecule has 1 atom stereocenters. The van der Waals surface area contributed by atoms with Gasteiger partial charge in [0.2, 0.25) is 0 Å². The Balaban J connectivity index is 2.42. The fourth-order valence-corrected chi connectivity index (χ4v) is 1.49. The van der Waals surface area contributed by atoms with Crippen molar-refractivity contribution in [2.75, 3.05) is 0 Å². The minimum Gasteiger partial charge on any atom is -0.389 e. The van der Waals surface area contributed by atoms with Crippen LogP contribution in [0.3, 0.4) is 0 Å². The highest BCUT2D eigenvalue weighted by atomic mass is 16.3. The van der Waals surface area contributed by atoms with Gasteiger partial charge < -0.3 is 5.11 Å². The van der Waals surface area contributed by atoms with Crippen LogP contribution in [0.1, 0.15) is 18.6 Å². The Morgan fingerprint density at radius 3 is 2.67 bits per heavy atom. The van der Waals surface area contributed by atoms with Gasteiger partial charge in [0.05, 0.1) is 11.8 Å². The van der Waals surface area contributed by atoms with Crippen molar-refractivity contribution in [2.24, 2.45) is 0 Å². The van der Waals surface area contributed by atoms with Crippen molar-refractivity contribution in [3.8, 4) is 11.3 Å². The van der Waals surface area contributed by atoms with E-state index in [2.05, 4.69) is 4.98 Å². The van der Waals surface area contributed by atoms with Crippen molar-refractivity contribution in [1.29, 1.82) is 0 Å². The Morgan fingerprint density at radius 1 is 1.13 bits per heavy atom. The van der Waals surface area contributed by atoms with Crippen molar-refractivity contribution in [3.63, 3.8) is 0 Å². The molecule has 0 aliphatic rings. The average Bonchev–Trinajstić information content (AvgIpc) is 2.30. The van der Waals surface area contributed by atoms with Crippen LogP contribution in [0.15, 0.2) is 48.7 Å². The van der Waals surface area contributed by atoms with E-state index < -0.39 is 6.10 Å². The van der Waals surface area contributed by atoms with E-state index in [0.717, 1.165) is 16.8 Å². The molecule has 0 aliphatic heterocycles. The number of benzene rings is 1. The summed E-state index contributed by atoms with van der Waals surface area (Å²) in [5.74, 6) is 0. The summed E-state index contributed by atoms with van der Waals surface area (Å²) < 4.78 is 0. The molecule has 0 radical (unpaired) electrons. The smallest absolute Gasteiger partial charge is 0.0762 e. The number of hydrogen-bond donors (Lipinski definition) is 1. The Hall–Kier alpha value is -1.67. The Labute approximate surface area is 89.2 Å². The highest BCUT2D eigenvalue weighted by Gasteiger charge is 2.03. The Bertz CT molecular complexity index is 437. The van der Waals surface area contributed by atoms with E-state index in [4.69, 9.17) is 0 Å². The Kier molecular flexibility index (Phi) is 2.79. The van der Waals surface area contributed by atoms with E-state index in [0.29, 0.717) is 0 Å². The van der Waals surface area contributed by atoms with Crippen molar-refractivity contribution in [3.05, 3.63) is 54.2 Å². The maximum atomic E-state index is 9.47. The molecule has 2 nitrogen and oxygen atoms in total. The third-order valence-corrected chi connectivity index (χ3v) is 2.33. The van der Waals surface area contributed by atoms with E-state index in [1.807, 2.05) is 42.5 Å². The lowest BCUT2D eigenvalue weighted by molar-refractivity contribution is 0.199. The highest BCUT2D eigenvalue weighted by Crippen LogP contribution is 2.20. The standard InChI is InChI=1S/C13H13NO/c1-10(15)11-5-4-6-12(9-11)13-7-2-3-8-14-13/h2-10,15H,1H3. The molecule has 1 aromatic heterocycles. The lowest BCUT2D eigenvalue weighted by atomic mass is 10.0. The SMILES string of the molecule is CC(O)c1cccc(-c2ccccn2)c1.